The molecule has 2 fully saturated rings. The zero-order chi connectivity index (χ0) is 13.5. The van der Waals surface area contributed by atoms with Crippen molar-refractivity contribution in [2.45, 2.75) is 19.8 Å². The van der Waals surface area contributed by atoms with E-state index in [1.54, 1.807) is 0 Å². The second-order valence-corrected chi connectivity index (χ2v) is 3.79. The van der Waals surface area contributed by atoms with Gasteiger partial charge >= 0.3 is 11.9 Å². The van der Waals surface area contributed by atoms with Crippen LogP contribution in [0.3, 0.4) is 0 Å². The molecule has 0 saturated carbocycles. The highest BCUT2D eigenvalue weighted by Gasteiger charge is 2.19. The van der Waals surface area contributed by atoms with E-state index in [4.69, 9.17) is 19.7 Å². The van der Waals surface area contributed by atoms with Gasteiger partial charge in [0.05, 0.1) is 25.4 Å². The van der Waals surface area contributed by atoms with E-state index >= 15 is 0 Å². The van der Waals surface area contributed by atoms with E-state index in [1.165, 1.54) is 6.08 Å². The largest absolute Gasteiger partial charge is 0.497 e. The molecule has 100 valence electrons. The van der Waals surface area contributed by atoms with Gasteiger partial charge in [0.2, 0.25) is 0 Å². The summed E-state index contributed by atoms with van der Waals surface area (Å²) in [6.07, 6.45) is 2.52. The van der Waals surface area contributed by atoms with E-state index in [9.17, 15) is 9.59 Å². The molecule has 6 heteroatoms. The van der Waals surface area contributed by atoms with Gasteiger partial charge in [0, 0.05) is 12.5 Å². The van der Waals surface area contributed by atoms with Gasteiger partial charge in [-0.15, -0.1) is 0 Å². The lowest BCUT2D eigenvalue weighted by Gasteiger charge is -2.20. The van der Waals surface area contributed by atoms with Gasteiger partial charge in [-0.1, -0.05) is 6.92 Å². The van der Waals surface area contributed by atoms with Crippen molar-refractivity contribution in [2.75, 3.05) is 19.8 Å². The molecule has 0 radical (unpaired) electrons. The zero-order valence-corrected chi connectivity index (χ0v) is 10.1. The Morgan fingerprint density at radius 3 is 2.06 bits per heavy atom. The minimum atomic E-state index is -0.886. The zero-order valence-electron chi connectivity index (χ0n) is 10.1. The van der Waals surface area contributed by atoms with Gasteiger partial charge in [0.25, 0.3) is 0 Å². The van der Waals surface area contributed by atoms with E-state index in [-0.39, 0.29) is 0 Å². The van der Waals surface area contributed by atoms with Crippen LogP contribution in [0.1, 0.15) is 19.8 Å². The van der Waals surface area contributed by atoms with E-state index in [0.717, 1.165) is 12.0 Å². The van der Waals surface area contributed by atoms with Crippen LogP contribution in [0.25, 0.3) is 0 Å². The smallest absolute Gasteiger partial charge is 0.334 e. The fraction of sp³-hybridized carbons (Fsp3) is 0.500. The van der Waals surface area contributed by atoms with Crippen LogP contribution in [-0.4, -0.2) is 42.0 Å². The molecule has 2 N–H and O–H groups in total. The Labute approximate surface area is 105 Å². The highest BCUT2D eigenvalue weighted by molar-refractivity contribution is 5.87. The molecule has 18 heavy (non-hydrogen) atoms. The molecule has 0 spiro atoms. The quantitative estimate of drug-likeness (QED) is 0.736. The molecule has 0 aromatic rings. The minimum absolute atomic E-state index is 0.422. The summed E-state index contributed by atoms with van der Waals surface area (Å²) < 4.78 is 9.65. The lowest BCUT2D eigenvalue weighted by Crippen LogP contribution is -2.17. The summed E-state index contributed by atoms with van der Waals surface area (Å²) in [6.45, 7) is 3.48. The molecular weight excluding hydrogens is 240 g/mol. The summed E-state index contributed by atoms with van der Waals surface area (Å²) in [4.78, 5) is 20.3. The number of hydrogen-bond acceptors (Lipinski definition) is 4. The molecule has 6 nitrogen and oxygen atoms in total. The van der Waals surface area contributed by atoms with Crippen LogP contribution < -0.4 is 0 Å². The van der Waals surface area contributed by atoms with Crippen LogP contribution in [-0.2, 0) is 19.1 Å². The lowest BCUT2D eigenvalue weighted by atomic mass is 10.1. The van der Waals surface area contributed by atoms with Crippen molar-refractivity contribution in [3.63, 3.8) is 0 Å². The summed E-state index contributed by atoms with van der Waals surface area (Å²) in [5, 5.41) is 16.7. The van der Waals surface area contributed by atoms with Crippen molar-refractivity contribution in [1.82, 2.24) is 0 Å². The maximum absolute atomic E-state index is 10.4. The first-order valence-electron chi connectivity index (χ1n) is 5.62. The molecule has 2 rings (SSSR count). The first-order chi connectivity index (χ1) is 8.54. The predicted octanol–water partition coefficient (Wildman–Crippen LogP) is 1.18. The van der Waals surface area contributed by atoms with E-state index in [2.05, 4.69) is 0 Å². The van der Waals surface area contributed by atoms with Gasteiger partial charge in [0.1, 0.15) is 5.76 Å². The maximum Gasteiger partial charge on any atom is 0.334 e. The van der Waals surface area contributed by atoms with Crippen LogP contribution in [0, 0.1) is 0 Å². The van der Waals surface area contributed by atoms with Crippen LogP contribution in [0.4, 0.5) is 0 Å². The van der Waals surface area contributed by atoms with Crippen molar-refractivity contribution in [3.8, 4) is 0 Å². The monoisotopic (exact) mass is 256 g/mol. The summed E-state index contributed by atoms with van der Waals surface area (Å²) in [7, 11) is 0. The van der Waals surface area contributed by atoms with E-state index < -0.39 is 11.9 Å². The number of ether oxygens (including phenoxy) is 2. The van der Waals surface area contributed by atoms with Crippen LogP contribution in [0.2, 0.25) is 0 Å². The molecular formula is C12H16O6. The normalized spacial score (nSPS) is 19.3. The first kappa shape index (κ1) is 14.2. The Kier molecular flexibility index (Phi) is 5.38. The van der Waals surface area contributed by atoms with Crippen molar-refractivity contribution >= 4 is 11.9 Å². The molecule has 2 aliphatic rings. The number of hydrogen-bond donors (Lipinski definition) is 2. The molecule has 0 aliphatic carbocycles. The second-order valence-electron chi connectivity index (χ2n) is 3.79. The van der Waals surface area contributed by atoms with Crippen molar-refractivity contribution < 1.29 is 29.3 Å². The van der Waals surface area contributed by atoms with E-state index in [0.29, 0.717) is 37.6 Å². The second kappa shape index (κ2) is 6.80. The minimum Gasteiger partial charge on any atom is -0.497 e. The third kappa shape index (κ3) is 4.21. The Bertz CT molecular complexity index is 381. The van der Waals surface area contributed by atoms with Crippen molar-refractivity contribution in [2.24, 2.45) is 0 Å². The number of carbonyl (C=O) groups is 2. The van der Waals surface area contributed by atoms with Crippen LogP contribution >= 0.6 is 0 Å². The van der Waals surface area contributed by atoms with Gasteiger partial charge in [-0.2, -0.15) is 0 Å². The summed E-state index contributed by atoms with van der Waals surface area (Å²) in [5.41, 5.74) is 1.28. The summed E-state index contributed by atoms with van der Waals surface area (Å²) >= 11 is 0. The standard InChI is InChI=1S/C7H10O3.C5H6O3/c1-2-5(7(8)9)6-3-4-10-6;6-5(7)1-4-2-8-3-4/h2-4H2,1H3,(H,8,9);1H,2-3H2,(H,6,7). The number of carboxylic acids is 2. The van der Waals surface area contributed by atoms with Crippen molar-refractivity contribution in [1.29, 1.82) is 0 Å². The van der Waals surface area contributed by atoms with Gasteiger partial charge in [-0.3, -0.25) is 0 Å². The molecule has 2 saturated heterocycles. The average molecular weight is 256 g/mol. The average Bonchev–Trinajstić information content (AvgIpc) is 2.17. The highest BCUT2D eigenvalue weighted by atomic mass is 16.5. The first-order valence-corrected chi connectivity index (χ1v) is 5.62. The van der Waals surface area contributed by atoms with Gasteiger partial charge < -0.3 is 19.7 Å². The number of carboxylic acid groups (broad SMARTS) is 2. The molecule has 0 amide bonds. The highest BCUT2D eigenvalue weighted by Crippen LogP contribution is 2.22. The molecule has 0 aromatic heterocycles. The Hall–Kier alpha value is -1.82. The van der Waals surface area contributed by atoms with Gasteiger partial charge in [-0.05, 0) is 12.0 Å². The molecule has 2 aliphatic heterocycles. The molecule has 0 aromatic carbocycles. The Morgan fingerprint density at radius 1 is 1.33 bits per heavy atom. The van der Waals surface area contributed by atoms with Gasteiger partial charge in [-0.25, -0.2) is 9.59 Å². The topological polar surface area (TPSA) is 93.1 Å². The lowest BCUT2D eigenvalue weighted by molar-refractivity contribution is -0.133. The molecule has 2 heterocycles. The van der Waals surface area contributed by atoms with Crippen LogP contribution in [0.15, 0.2) is 23.0 Å². The molecule has 0 unspecified atom stereocenters. The molecule has 0 atom stereocenters. The van der Waals surface area contributed by atoms with Crippen LogP contribution in [0.5, 0.6) is 0 Å². The van der Waals surface area contributed by atoms with Crippen molar-refractivity contribution in [3.05, 3.63) is 23.0 Å². The third-order valence-corrected chi connectivity index (χ3v) is 2.46. The van der Waals surface area contributed by atoms with Gasteiger partial charge in [0.15, 0.2) is 0 Å². The number of aliphatic carboxylic acids is 2. The summed E-state index contributed by atoms with van der Waals surface area (Å²) in [6, 6.07) is 0. The van der Waals surface area contributed by atoms with E-state index in [1.807, 2.05) is 6.92 Å². The Morgan fingerprint density at radius 2 is 1.94 bits per heavy atom. The third-order valence-electron chi connectivity index (χ3n) is 2.46. The SMILES string of the molecule is CCC(C(=O)O)=C1CCO1.O=C(O)C=C1COC1. The fourth-order valence-electron chi connectivity index (χ4n) is 1.39. The maximum atomic E-state index is 10.4. The predicted molar refractivity (Wildman–Crippen MR) is 62.1 cm³/mol. The fourth-order valence-corrected chi connectivity index (χ4v) is 1.39. The Balaban J connectivity index is 0.000000184. The summed E-state index contributed by atoms with van der Waals surface area (Å²) in [5.74, 6) is -1.07. The molecule has 0 bridgehead atoms. The number of rotatable bonds is 3.